The Labute approximate surface area is 169 Å². The maximum atomic E-state index is 11.2. The van der Waals surface area contributed by atoms with Gasteiger partial charge in [-0.2, -0.15) is 0 Å². The highest BCUT2D eigenvalue weighted by molar-refractivity contribution is 5.89. The molecule has 0 bridgehead atoms. The van der Waals surface area contributed by atoms with Crippen LogP contribution in [0.2, 0.25) is 0 Å². The third-order valence-corrected chi connectivity index (χ3v) is 4.90. The molecule has 29 heavy (non-hydrogen) atoms. The summed E-state index contributed by atoms with van der Waals surface area (Å²) in [5, 5.41) is 11.2. The van der Waals surface area contributed by atoms with E-state index in [9.17, 15) is 4.79 Å². The number of para-hydroxylation sites is 1. The van der Waals surface area contributed by atoms with E-state index in [1.807, 2.05) is 46.9 Å². The molecule has 1 amide bonds. The number of anilines is 1. The molecule has 146 valence electrons. The molecule has 0 saturated heterocycles. The van der Waals surface area contributed by atoms with E-state index in [2.05, 4.69) is 33.7 Å². The molecule has 0 spiro atoms. The molecule has 0 aliphatic carbocycles. The average Bonchev–Trinajstić information content (AvgIpc) is 3.23. The molecule has 2 aromatic heterocycles. The van der Waals surface area contributed by atoms with Gasteiger partial charge >= 0.3 is 0 Å². The van der Waals surface area contributed by atoms with Crippen molar-refractivity contribution in [3.05, 3.63) is 78.2 Å². The summed E-state index contributed by atoms with van der Waals surface area (Å²) in [7, 11) is 1.70. The highest BCUT2D eigenvalue weighted by Gasteiger charge is 2.11. The molecule has 2 heterocycles. The summed E-state index contributed by atoms with van der Waals surface area (Å²) in [4.78, 5) is 11.2. The van der Waals surface area contributed by atoms with E-state index in [-0.39, 0.29) is 5.91 Å². The van der Waals surface area contributed by atoms with Gasteiger partial charge in [0.1, 0.15) is 12.1 Å². The first-order chi connectivity index (χ1) is 14.2. The van der Waals surface area contributed by atoms with Crippen LogP contribution in [0.3, 0.4) is 0 Å². The molecule has 0 aliphatic rings. The monoisotopic (exact) mass is 386 g/mol. The Hall–Kier alpha value is -3.67. The molecule has 2 aromatic carbocycles. The van der Waals surface area contributed by atoms with E-state index in [1.165, 1.54) is 12.5 Å². The molecule has 4 rings (SSSR count). The number of nitrogens with one attached hydrogen (secondary N) is 1. The van der Waals surface area contributed by atoms with Crippen molar-refractivity contribution in [1.29, 1.82) is 0 Å². The first-order valence-corrected chi connectivity index (χ1v) is 9.47. The number of benzene rings is 2. The van der Waals surface area contributed by atoms with Gasteiger partial charge in [-0.15, -0.1) is 10.2 Å². The zero-order valence-electron chi connectivity index (χ0n) is 16.4. The van der Waals surface area contributed by atoms with Gasteiger partial charge in [-0.1, -0.05) is 30.3 Å². The van der Waals surface area contributed by atoms with Gasteiger partial charge < -0.3 is 10.1 Å². The number of fused-ring (bicyclic) bond motifs is 1. The quantitative estimate of drug-likeness (QED) is 0.541. The van der Waals surface area contributed by atoms with E-state index in [0.717, 1.165) is 46.7 Å². The third-order valence-electron chi connectivity index (χ3n) is 4.90. The number of pyridine rings is 1. The predicted molar refractivity (Wildman–Crippen MR) is 113 cm³/mol. The fourth-order valence-electron chi connectivity index (χ4n) is 3.50. The van der Waals surface area contributed by atoms with Crippen LogP contribution in [-0.2, 0) is 17.6 Å². The van der Waals surface area contributed by atoms with Crippen LogP contribution in [0.15, 0.2) is 67.0 Å². The second kappa shape index (κ2) is 8.14. The molecule has 1 N–H and O–H groups in total. The molecule has 0 unspecified atom stereocenters. The first kappa shape index (κ1) is 18.7. The van der Waals surface area contributed by atoms with Crippen molar-refractivity contribution in [2.24, 2.45) is 0 Å². The summed E-state index contributed by atoms with van der Waals surface area (Å²) >= 11 is 0. The maximum absolute atomic E-state index is 11.2. The van der Waals surface area contributed by atoms with Crippen molar-refractivity contribution in [3.63, 3.8) is 0 Å². The van der Waals surface area contributed by atoms with Crippen LogP contribution in [-0.4, -0.2) is 27.6 Å². The van der Waals surface area contributed by atoms with Crippen molar-refractivity contribution in [2.75, 3.05) is 12.4 Å². The van der Waals surface area contributed by atoms with E-state index < -0.39 is 0 Å². The average molecular weight is 386 g/mol. The number of amides is 1. The smallest absolute Gasteiger partial charge is 0.221 e. The van der Waals surface area contributed by atoms with Crippen molar-refractivity contribution < 1.29 is 9.53 Å². The first-order valence-electron chi connectivity index (χ1n) is 9.47. The van der Waals surface area contributed by atoms with Crippen LogP contribution in [0.4, 0.5) is 5.69 Å². The fourth-order valence-corrected chi connectivity index (χ4v) is 3.50. The number of nitrogens with zero attached hydrogens (tertiary/aromatic N) is 3. The number of hydrogen-bond donors (Lipinski definition) is 1. The SMILES string of the molecule is COc1ccccc1CCc1ccc(-c2ccc(NC(C)=O)cc2)c2nncn12. The van der Waals surface area contributed by atoms with E-state index in [0.29, 0.717) is 0 Å². The minimum atomic E-state index is -0.0861. The maximum Gasteiger partial charge on any atom is 0.221 e. The summed E-state index contributed by atoms with van der Waals surface area (Å²) in [6, 6.07) is 20.0. The number of methoxy groups -OCH3 is 1. The minimum absolute atomic E-state index is 0.0861. The Bertz CT molecular complexity index is 1150. The van der Waals surface area contributed by atoms with Gasteiger partial charge in [0, 0.05) is 23.9 Å². The van der Waals surface area contributed by atoms with Crippen LogP contribution >= 0.6 is 0 Å². The summed E-state index contributed by atoms with van der Waals surface area (Å²) in [5.74, 6) is 0.820. The van der Waals surface area contributed by atoms with Crippen molar-refractivity contribution in [2.45, 2.75) is 19.8 Å². The summed E-state index contributed by atoms with van der Waals surface area (Å²) in [5.41, 5.74) is 5.91. The summed E-state index contributed by atoms with van der Waals surface area (Å²) in [6.07, 6.45) is 3.46. The standard InChI is InChI=1S/C23H22N4O2/c1-16(28)25-19-10-7-17(8-11-19)21-14-13-20(27-15-24-26-23(21)27)12-9-18-5-3-4-6-22(18)29-2/h3-8,10-11,13-15H,9,12H2,1-2H3,(H,25,28). The number of aryl methyl sites for hydroxylation is 2. The number of carbonyl (C=O) groups is 1. The van der Waals surface area contributed by atoms with E-state index in [1.54, 1.807) is 13.4 Å². The molecule has 6 nitrogen and oxygen atoms in total. The predicted octanol–water partition coefficient (Wildman–Crippen LogP) is 4.15. The molecule has 0 radical (unpaired) electrons. The van der Waals surface area contributed by atoms with Gasteiger partial charge in [0.15, 0.2) is 5.65 Å². The molecule has 4 aromatic rings. The largest absolute Gasteiger partial charge is 0.496 e. The number of ether oxygens (including phenoxy) is 1. The van der Waals surface area contributed by atoms with Gasteiger partial charge in [-0.3, -0.25) is 9.20 Å². The Balaban J connectivity index is 1.61. The van der Waals surface area contributed by atoms with E-state index >= 15 is 0 Å². The molecule has 0 atom stereocenters. The molecule has 0 saturated carbocycles. The van der Waals surface area contributed by atoms with Crippen LogP contribution in [0.5, 0.6) is 5.75 Å². The molecule has 6 heteroatoms. The lowest BCUT2D eigenvalue weighted by Crippen LogP contribution is -2.05. The molecular weight excluding hydrogens is 364 g/mol. The summed E-state index contributed by atoms with van der Waals surface area (Å²) in [6.45, 7) is 1.50. The van der Waals surface area contributed by atoms with Crippen LogP contribution < -0.4 is 10.1 Å². The van der Waals surface area contributed by atoms with Gasteiger partial charge in [-0.05, 0) is 54.3 Å². The number of carbonyl (C=O) groups excluding carboxylic acids is 1. The lowest BCUT2D eigenvalue weighted by molar-refractivity contribution is -0.114. The fraction of sp³-hybridized carbons (Fsp3) is 0.174. The summed E-state index contributed by atoms with van der Waals surface area (Å²) < 4.78 is 7.49. The van der Waals surface area contributed by atoms with Crippen LogP contribution in [0.25, 0.3) is 16.8 Å². The molecule has 0 fully saturated rings. The van der Waals surface area contributed by atoms with Gasteiger partial charge in [0.05, 0.1) is 7.11 Å². The number of aromatic nitrogens is 3. The Morgan fingerprint density at radius 3 is 2.59 bits per heavy atom. The van der Waals surface area contributed by atoms with Crippen molar-refractivity contribution in [3.8, 4) is 16.9 Å². The third kappa shape index (κ3) is 3.96. The number of rotatable bonds is 6. The lowest BCUT2D eigenvalue weighted by Gasteiger charge is -2.11. The highest BCUT2D eigenvalue weighted by atomic mass is 16.5. The Morgan fingerprint density at radius 2 is 1.83 bits per heavy atom. The van der Waals surface area contributed by atoms with Crippen LogP contribution in [0, 0.1) is 0 Å². The van der Waals surface area contributed by atoms with Gasteiger partial charge in [-0.25, -0.2) is 0 Å². The molecule has 0 aliphatic heterocycles. The number of hydrogen-bond acceptors (Lipinski definition) is 4. The van der Waals surface area contributed by atoms with Crippen LogP contribution in [0.1, 0.15) is 18.2 Å². The zero-order chi connectivity index (χ0) is 20.2. The Kier molecular flexibility index (Phi) is 5.24. The second-order valence-electron chi connectivity index (χ2n) is 6.83. The van der Waals surface area contributed by atoms with Gasteiger partial charge in [0.2, 0.25) is 5.91 Å². The highest BCUT2D eigenvalue weighted by Crippen LogP contribution is 2.27. The minimum Gasteiger partial charge on any atom is -0.496 e. The lowest BCUT2D eigenvalue weighted by atomic mass is 10.0. The van der Waals surface area contributed by atoms with Gasteiger partial charge in [0.25, 0.3) is 0 Å². The molecular formula is C23H22N4O2. The zero-order valence-corrected chi connectivity index (χ0v) is 16.4. The van der Waals surface area contributed by atoms with Crippen molar-refractivity contribution in [1.82, 2.24) is 14.6 Å². The topological polar surface area (TPSA) is 68.5 Å². The second-order valence-corrected chi connectivity index (χ2v) is 6.83. The van der Waals surface area contributed by atoms with E-state index in [4.69, 9.17) is 4.74 Å². The Morgan fingerprint density at radius 1 is 1.03 bits per heavy atom. The normalized spacial score (nSPS) is 10.8. The van der Waals surface area contributed by atoms with Crippen molar-refractivity contribution >= 4 is 17.2 Å².